The number of ether oxygens (including phenoxy) is 1. The lowest BCUT2D eigenvalue weighted by molar-refractivity contribution is -0.139. The van der Waals surface area contributed by atoms with E-state index in [0.717, 1.165) is 16.9 Å². The Balaban J connectivity index is 2.11. The molecule has 1 aliphatic carbocycles. The fourth-order valence-corrected chi connectivity index (χ4v) is 2.32. The number of hydrogen-bond acceptors (Lipinski definition) is 3. The van der Waals surface area contributed by atoms with E-state index in [-0.39, 0.29) is 12.4 Å². The third-order valence-electron chi connectivity index (χ3n) is 3.36. The van der Waals surface area contributed by atoms with Crippen molar-refractivity contribution < 1.29 is 9.53 Å². The highest BCUT2D eigenvalue weighted by atomic mass is 16.5. The molecule has 1 fully saturated rings. The summed E-state index contributed by atoms with van der Waals surface area (Å²) in [6, 6.07) is 6.76. The van der Waals surface area contributed by atoms with E-state index in [1.54, 1.807) is 0 Å². The van der Waals surface area contributed by atoms with E-state index in [1.807, 2.05) is 0 Å². The van der Waals surface area contributed by atoms with Gasteiger partial charge in [0.15, 0.2) is 0 Å². The van der Waals surface area contributed by atoms with Crippen LogP contribution in [0.1, 0.15) is 30.3 Å². The molecule has 0 bridgehead atoms. The van der Waals surface area contributed by atoms with E-state index in [2.05, 4.69) is 34.7 Å². The number of aromatic nitrogens is 2. The van der Waals surface area contributed by atoms with Crippen molar-refractivity contribution in [2.45, 2.75) is 32.2 Å². The van der Waals surface area contributed by atoms with Crippen LogP contribution in [-0.4, -0.2) is 22.6 Å². The van der Waals surface area contributed by atoms with Gasteiger partial charge in [-0.25, -0.2) is 4.98 Å². The van der Waals surface area contributed by atoms with Crippen molar-refractivity contribution >= 4 is 17.0 Å². The summed E-state index contributed by atoms with van der Waals surface area (Å²) in [6.07, 6.45) is 2.60. The first-order chi connectivity index (χ1) is 8.69. The Kier molecular flexibility index (Phi) is 2.58. The van der Waals surface area contributed by atoms with Crippen molar-refractivity contribution in [2.24, 2.45) is 0 Å². The summed E-state index contributed by atoms with van der Waals surface area (Å²) >= 11 is 0. The average molecular weight is 244 g/mol. The first kappa shape index (κ1) is 11.3. The van der Waals surface area contributed by atoms with Crippen LogP contribution in [-0.2, 0) is 16.0 Å². The Labute approximate surface area is 106 Å². The molecule has 1 saturated carbocycles. The highest BCUT2D eigenvalue weighted by Gasteiger charge is 2.28. The molecule has 18 heavy (non-hydrogen) atoms. The van der Waals surface area contributed by atoms with Crippen LogP contribution in [0.2, 0.25) is 0 Å². The molecule has 3 rings (SSSR count). The Bertz CT molecular complexity index is 612. The fourth-order valence-electron chi connectivity index (χ4n) is 2.32. The number of hydrogen-bond donors (Lipinski definition) is 0. The van der Waals surface area contributed by atoms with Crippen LogP contribution in [0.3, 0.4) is 0 Å². The van der Waals surface area contributed by atoms with Crippen LogP contribution in [0.4, 0.5) is 0 Å². The average Bonchev–Trinajstić information content (AvgIpc) is 3.11. The Morgan fingerprint density at radius 2 is 2.28 bits per heavy atom. The minimum absolute atomic E-state index is 0.232. The molecule has 0 spiro atoms. The smallest absolute Gasteiger partial charge is 0.313 e. The van der Waals surface area contributed by atoms with Crippen LogP contribution in [0.15, 0.2) is 18.2 Å². The molecule has 1 aliphatic rings. The monoisotopic (exact) mass is 244 g/mol. The van der Waals surface area contributed by atoms with E-state index in [0.29, 0.717) is 6.04 Å². The van der Waals surface area contributed by atoms with E-state index in [9.17, 15) is 4.79 Å². The molecule has 2 aromatic rings. The van der Waals surface area contributed by atoms with Gasteiger partial charge in [0, 0.05) is 6.04 Å². The minimum Gasteiger partial charge on any atom is -0.469 e. The van der Waals surface area contributed by atoms with Crippen molar-refractivity contribution in [2.75, 3.05) is 7.11 Å². The van der Waals surface area contributed by atoms with Crippen LogP contribution >= 0.6 is 0 Å². The Morgan fingerprint density at radius 3 is 2.94 bits per heavy atom. The Morgan fingerprint density at radius 1 is 1.50 bits per heavy atom. The van der Waals surface area contributed by atoms with Crippen LogP contribution in [0.25, 0.3) is 11.0 Å². The number of imidazole rings is 1. The molecular formula is C14H16N2O2. The summed E-state index contributed by atoms with van der Waals surface area (Å²) in [5.41, 5.74) is 3.29. The highest BCUT2D eigenvalue weighted by molar-refractivity contribution is 5.79. The predicted octanol–water partition coefficient (Wildman–Crippen LogP) is 2.40. The number of aryl methyl sites for hydroxylation is 1. The van der Waals surface area contributed by atoms with Crippen LogP contribution in [0.5, 0.6) is 0 Å². The van der Waals surface area contributed by atoms with Gasteiger partial charge in [0.05, 0.1) is 18.1 Å². The number of methoxy groups -OCH3 is 1. The van der Waals surface area contributed by atoms with Gasteiger partial charge < -0.3 is 9.30 Å². The zero-order chi connectivity index (χ0) is 12.7. The third-order valence-corrected chi connectivity index (χ3v) is 3.36. The third kappa shape index (κ3) is 1.88. The van der Waals surface area contributed by atoms with Crippen molar-refractivity contribution in [3.8, 4) is 0 Å². The molecule has 0 unspecified atom stereocenters. The maximum Gasteiger partial charge on any atom is 0.313 e. The lowest BCUT2D eigenvalue weighted by Gasteiger charge is -2.06. The quantitative estimate of drug-likeness (QED) is 0.779. The van der Waals surface area contributed by atoms with Gasteiger partial charge in [0.25, 0.3) is 0 Å². The lowest BCUT2D eigenvalue weighted by atomic mass is 10.2. The van der Waals surface area contributed by atoms with Gasteiger partial charge in [-0.2, -0.15) is 0 Å². The van der Waals surface area contributed by atoms with Gasteiger partial charge in [0.1, 0.15) is 12.2 Å². The second-order valence-corrected chi connectivity index (χ2v) is 4.87. The van der Waals surface area contributed by atoms with Gasteiger partial charge in [0.2, 0.25) is 0 Å². The molecular weight excluding hydrogens is 228 g/mol. The number of benzene rings is 1. The van der Waals surface area contributed by atoms with Gasteiger partial charge in [-0.1, -0.05) is 6.07 Å². The van der Waals surface area contributed by atoms with Gasteiger partial charge in [-0.05, 0) is 37.5 Å². The number of rotatable bonds is 3. The maximum absolute atomic E-state index is 11.4. The second-order valence-electron chi connectivity index (χ2n) is 4.87. The molecule has 0 saturated heterocycles. The molecule has 0 aliphatic heterocycles. The van der Waals surface area contributed by atoms with E-state index < -0.39 is 0 Å². The Hall–Kier alpha value is -1.84. The summed E-state index contributed by atoms with van der Waals surface area (Å²) in [6.45, 7) is 2.05. The zero-order valence-electron chi connectivity index (χ0n) is 10.6. The molecule has 0 amide bonds. The lowest BCUT2D eigenvalue weighted by Crippen LogP contribution is -2.10. The standard InChI is InChI=1S/C14H16N2O2/c1-9-3-6-12-11(7-9)15-13(8-14(17)18-2)16(12)10-4-5-10/h3,6-7,10H,4-5,8H2,1-2H3. The molecule has 0 N–H and O–H groups in total. The van der Waals surface area contributed by atoms with E-state index >= 15 is 0 Å². The normalized spacial score (nSPS) is 15.0. The molecule has 4 heteroatoms. The largest absolute Gasteiger partial charge is 0.469 e. The molecule has 0 atom stereocenters. The first-order valence-electron chi connectivity index (χ1n) is 6.23. The van der Waals surface area contributed by atoms with Gasteiger partial charge in [-0.3, -0.25) is 4.79 Å². The zero-order valence-corrected chi connectivity index (χ0v) is 10.6. The molecule has 0 radical (unpaired) electrons. The fraction of sp³-hybridized carbons (Fsp3) is 0.429. The highest BCUT2D eigenvalue weighted by Crippen LogP contribution is 2.38. The van der Waals surface area contributed by atoms with Crippen molar-refractivity contribution in [3.63, 3.8) is 0 Å². The van der Waals surface area contributed by atoms with Crippen molar-refractivity contribution in [3.05, 3.63) is 29.6 Å². The second kappa shape index (κ2) is 4.12. The summed E-state index contributed by atoms with van der Waals surface area (Å²) < 4.78 is 6.94. The summed E-state index contributed by atoms with van der Waals surface area (Å²) in [4.78, 5) is 16.0. The topological polar surface area (TPSA) is 44.1 Å². The molecule has 1 heterocycles. The van der Waals surface area contributed by atoms with E-state index in [1.165, 1.54) is 25.5 Å². The van der Waals surface area contributed by atoms with E-state index in [4.69, 9.17) is 4.74 Å². The number of carbonyl (C=O) groups excluding carboxylic acids is 1. The number of nitrogens with zero attached hydrogens (tertiary/aromatic N) is 2. The molecule has 1 aromatic carbocycles. The molecule has 1 aromatic heterocycles. The predicted molar refractivity (Wildman–Crippen MR) is 68.5 cm³/mol. The van der Waals surface area contributed by atoms with Gasteiger partial charge in [-0.15, -0.1) is 0 Å². The summed E-state index contributed by atoms with van der Waals surface area (Å²) in [7, 11) is 1.41. The van der Waals surface area contributed by atoms with Crippen LogP contribution in [0, 0.1) is 6.92 Å². The number of fused-ring (bicyclic) bond motifs is 1. The minimum atomic E-state index is -0.232. The number of carbonyl (C=O) groups is 1. The summed E-state index contributed by atoms with van der Waals surface area (Å²) in [5, 5.41) is 0. The van der Waals surface area contributed by atoms with Crippen LogP contribution < -0.4 is 0 Å². The first-order valence-corrected chi connectivity index (χ1v) is 6.23. The summed E-state index contributed by atoms with van der Waals surface area (Å²) in [5.74, 6) is 0.592. The van der Waals surface area contributed by atoms with Gasteiger partial charge >= 0.3 is 5.97 Å². The molecule has 94 valence electrons. The molecule has 4 nitrogen and oxygen atoms in total. The number of esters is 1. The maximum atomic E-state index is 11.4. The van der Waals surface area contributed by atoms with Crippen molar-refractivity contribution in [1.29, 1.82) is 0 Å². The van der Waals surface area contributed by atoms with Crippen molar-refractivity contribution in [1.82, 2.24) is 9.55 Å². The SMILES string of the molecule is COC(=O)Cc1nc2cc(C)ccc2n1C1CC1.